The average molecular weight is 332 g/mol. The SMILES string of the molecule is CC(C)C(=O)c1sc(N2CCC(O)C2)c(S(C)(=O)=O)c1N. The zero-order valence-electron chi connectivity index (χ0n) is 12.3. The molecule has 1 aliphatic heterocycles. The van der Waals surface area contributed by atoms with Gasteiger partial charge in [-0.05, 0) is 6.42 Å². The van der Waals surface area contributed by atoms with Gasteiger partial charge in [0, 0.05) is 25.3 Å². The zero-order valence-corrected chi connectivity index (χ0v) is 13.9. The summed E-state index contributed by atoms with van der Waals surface area (Å²) in [6, 6.07) is 0. The number of ketones is 1. The van der Waals surface area contributed by atoms with Crippen LogP contribution >= 0.6 is 11.3 Å². The standard InChI is InChI=1S/C13H20N2O4S2/c1-7(2)10(17)11-9(14)12(21(3,18)19)13(20-11)15-5-4-8(16)6-15/h7-8,16H,4-6,14H2,1-3H3. The minimum atomic E-state index is -3.55. The Morgan fingerprint density at radius 3 is 2.52 bits per heavy atom. The van der Waals surface area contributed by atoms with Crippen molar-refractivity contribution < 1.29 is 18.3 Å². The third-order valence-electron chi connectivity index (χ3n) is 3.45. The molecule has 1 aromatic rings. The predicted molar refractivity (Wildman–Crippen MR) is 83.8 cm³/mol. The number of nitrogens with two attached hydrogens (primary N) is 1. The summed E-state index contributed by atoms with van der Waals surface area (Å²) in [7, 11) is -3.55. The van der Waals surface area contributed by atoms with Gasteiger partial charge in [-0.1, -0.05) is 13.8 Å². The summed E-state index contributed by atoms with van der Waals surface area (Å²) < 4.78 is 24.1. The van der Waals surface area contributed by atoms with E-state index in [0.29, 0.717) is 29.4 Å². The van der Waals surface area contributed by atoms with Gasteiger partial charge in [-0.15, -0.1) is 11.3 Å². The number of rotatable bonds is 4. The molecule has 0 amide bonds. The third-order valence-corrected chi connectivity index (χ3v) is 6.02. The molecule has 8 heteroatoms. The molecule has 0 spiro atoms. The van der Waals surface area contributed by atoms with Crippen LogP contribution in [-0.4, -0.2) is 44.8 Å². The molecule has 0 bridgehead atoms. The number of aliphatic hydroxyl groups is 1. The average Bonchev–Trinajstić information content (AvgIpc) is 2.91. The lowest BCUT2D eigenvalue weighted by atomic mass is 10.1. The van der Waals surface area contributed by atoms with Crippen molar-refractivity contribution >= 4 is 37.6 Å². The maximum Gasteiger partial charge on any atom is 0.180 e. The lowest BCUT2D eigenvalue weighted by Crippen LogP contribution is -2.22. The monoisotopic (exact) mass is 332 g/mol. The Hall–Kier alpha value is -1.12. The Labute approximate surface area is 128 Å². The summed E-state index contributed by atoms with van der Waals surface area (Å²) in [5.74, 6) is -0.413. The number of nitrogens with zero attached hydrogens (tertiary/aromatic N) is 1. The Bertz CT molecular complexity index is 664. The molecule has 1 aliphatic rings. The first-order valence-corrected chi connectivity index (χ1v) is 9.43. The van der Waals surface area contributed by atoms with Gasteiger partial charge in [0.2, 0.25) is 0 Å². The Morgan fingerprint density at radius 2 is 2.10 bits per heavy atom. The highest BCUT2D eigenvalue weighted by Gasteiger charge is 2.33. The Kier molecular flexibility index (Phi) is 4.32. The number of carbonyl (C=O) groups excluding carboxylic acids is 1. The maximum absolute atomic E-state index is 12.2. The van der Waals surface area contributed by atoms with E-state index in [1.807, 2.05) is 0 Å². The molecule has 0 saturated carbocycles. The molecule has 1 unspecified atom stereocenters. The molecule has 0 aliphatic carbocycles. The highest BCUT2D eigenvalue weighted by Crippen LogP contribution is 2.43. The number of anilines is 2. The highest BCUT2D eigenvalue weighted by molar-refractivity contribution is 7.91. The summed E-state index contributed by atoms with van der Waals surface area (Å²) in [6.45, 7) is 4.42. The van der Waals surface area contributed by atoms with Gasteiger partial charge in [0.1, 0.15) is 9.90 Å². The smallest absolute Gasteiger partial charge is 0.180 e. The molecule has 1 saturated heterocycles. The third kappa shape index (κ3) is 3.07. The van der Waals surface area contributed by atoms with Gasteiger partial charge in [0.15, 0.2) is 15.6 Å². The molecule has 6 nitrogen and oxygen atoms in total. The first-order chi connectivity index (χ1) is 9.62. The molecule has 0 radical (unpaired) electrons. The normalized spacial score (nSPS) is 19.5. The van der Waals surface area contributed by atoms with Gasteiger partial charge in [0.25, 0.3) is 0 Å². The maximum atomic E-state index is 12.2. The van der Waals surface area contributed by atoms with Crippen LogP contribution < -0.4 is 10.6 Å². The first-order valence-electron chi connectivity index (χ1n) is 6.72. The Morgan fingerprint density at radius 1 is 1.48 bits per heavy atom. The van der Waals surface area contributed by atoms with Crippen molar-refractivity contribution in [3.05, 3.63) is 4.88 Å². The molecule has 2 heterocycles. The van der Waals surface area contributed by atoms with E-state index in [1.165, 1.54) is 0 Å². The fraction of sp³-hybridized carbons (Fsp3) is 0.615. The molecule has 3 N–H and O–H groups in total. The number of hydrogen-bond acceptors (Lipinski definition) is 7. The van der Waals surface area contributed by atoms with Crippen LogP contribution in [0.5, 0.6) is 0 Å². The number of thiophene rings is 1. The molecule has 118 valence electrons. The number of Topliss-reactive ketones (excluding diaryl/α,β-unsaturated/α-hetero) is 1. The van der Waals surface area contributed by atoms with Crippen LogP contribution in [0.15, 0.2) is 4.90 Å². The van der Waals surface area contributed by atoms with Crippen molar-refractivity contribution in [1.29, 1.82) is 0 Å². The molecule has 1 atom stereocenters. The lowest BCUT2D eigenvalue weighted by Gasteiger charge is -2.17. The van der Waals surface area contributed by atoms with E-state index in [4.69, 9.17) is 5.73 Å². The Balaban J connectivity index is 2.58. The summed E-state index contributed by atoms with van der Waals surface area (Å²) in [6.07, 6.45) is 1.18. The molecular formula is C13H20N2O4S2. The fourth-order valence-electron chi connectivity index (χ4n) is 2.35. The van der Waals surface area contributed by atoms with E-state index in [9.17, 15) is 18.3 Å². The quantitative estimate of drug-likeness (QED) is 0.802. The van der Waals surface area contributed by atoms with E-state index in [0.717, 1.165) is 17.6 Å². The second-order valence-electron chi connectivity index (χ2n) is 5.66. The largest absolute Gasteiger partial charge is 0.396 e. The number of hydrogen-bond donors (Lipinski definition) is 2. The molecular weight excluding hydrogens is 312 g/mol. The van der Waals surface area contributed by atoms with Crippen molar-refractivity contribution in [2.75, 3.05) is 30.0 Å². The molecule has 1 aromatic heterocycles. The van der Waals surface area contributed by atoms with Crippen molar-refractivity contribution in [2.45, 2.75) is 31.3 Å². The minimum Gasteiger partial charge on any atom is -0.396 e. The molecule has 1 fully saturated rings. The second-order valence-corrected chi connectivity index (χ2v) is 8.61. The van der Waals surface area contributed by atoms with Gasteiger partial charge in [-0.3, -0.25) is 4.79 Å². The van der Waals surface area contributed by atoms with E-state index in [-0.39, 0.29) is 22.3 Å². The summed E-state index contributed by atoms with van der Waals surface area (Å²) in [5, 5.41) is 10.1. The van der Waals surface area contributed by atoms with Crippen LogP contribution in [0.3, 0.4) is 0 Å². The van der Waals surface area contributed by atoms with Crippen LogP contribution in [0.2, 0.25) is 0 Å². The van der Waals surface area contributed by atoms with Gasteiger partial charge in [-0.25, -0.2) is 8.42 Å². The number of β-amino-alcohol motifs (C(OH)–C–C–N with tert-alkyl or cyclic N) is 1. The molecule has 0 aromatic carbocycles. The van der Waals surface area contributed by atoms with Gasteiger partial charge in [-0.2, -0.15) is 0 Å². The summed E-state index contributed by atoms with van der Waals surface area (Å²) in [4.78, 5) is 14.3. The van der Waals surface area contributed by atoms with Crippen molar-refractivity contribution in [2.24, 2.45) is 5.92 Å². The second kappa shape index (κ2) is 5.58. The fourth-order valence-corrected chi connectivity index (χ4v) is 5.19. The topological polar surface area (TPSA) is 101 Å². The van der Waals surface area contributed by atoms with Crippen molar-refractivity contribution in [1.82, 2.24) is 0 Å². The van der Waals surface area contributed by atoms with Crippen LogP contribution in [0.25, 0.3) is 0 Å². The predicted octanol–water partition coefficient (Wildman–Crippen LogP) is 1.14. The van der Waals surface area contributed by atoms with Gasteiger partial charge in [0.05, 0.1) is 16.7 Å². The number of carbonyl (C=O) groups is 1. The van der Waals surface area contributed by atoms with Crippen LogP contribution in [-0.2, 0) is 9.84 Å². The van der Waals surface area contributed by atoms with E-state index < -0.39 is 15.9 Å². The first kappa shape index (κ1) is 16.3. The van der Waals surface area contributed by atoms with Gasteiger partial charge < -0.3 is 15.7 Å². The van der Waals surface area contributed by atoms with E-state index >= 15 is 0 Å². The number of aliphatic hydroxyl groups excluding tert-OH is 1. The summed E-state index contributed by atoms with van der Waals surface area (Å²) >= 11 is 1.11. The van der Waals surface area contributed by atoms with Gasteiger partial charge >= 0.3 is 0 Å². The van der Waals surface area contributed by atoms with Crippen LogP contribution in [0.1, 0.15) is 29.9 Å². The van der Waals surface area contributed by atoms with Crippen LogP contribution in [0, 0.1) is 5.92 Å². The molecule has 2 rings (SSSR count). The van der Waals surface area contributed by atoms with E-state index in [2.05, 4.69) is 0 Å². The van der Waals surface area contributed by atoms with E-state index in [1.54, 1.807) is 18.7 Å². The highest BCUT2D eigenvalue weighted by atomic mass is 32.2. The van der Waals surface area contributed by atoms with Crippen LogP contribution in [0.4, 0.5) is 10.7 Å². The van der Waals surface area contributed by atoms with Crippen molar-refractivity contribution in [3.8, 4) is 0 Å². The summed E-state index contributed by atoms with van der Waals surface area (Å²) in [5.41, 5.74) is 5.99. The number of nitrogen functional groups attached to an aromatic ring is 1. The van der Waals surface area contributed by atoms with Crippen molar-refractivity contribution in [3.63, 3.8) is 0 Å². The molecule has 21 heavy (non-hydrogen) atoms. The zero-order chi connectivity index (χ0) is 15.9. The lowest BCUT2D eigenvalue weighted by molar-refractivity contribution is 0.0944. The number of sulfone groups is 1. The minimum absolute atomic E-state index is 0.0191.